The molecule has 0 atom stereocenters. The van der Waals surface area contributed by atoms with Gasteiger partial charge in [-0.3, -0.25) is 25.0 Å². The third-order valence-electron chi connectivity index (χ3n) is 3.77. The van der Waals surface area contributed by atoms with Gasteiger partial charge < -0.3 is 10.6 Å². The van der Waals surface area contributed by atoms with Crippen LogP contribution in [0.1, 0.15) is 5.56 Å². The van der Waals surface area contributed by atoms with E-state index in [2.05, 4.69) is 4.99 Å². The molecule has 10 heteroatoms. The molecule has 0 saturated heterocycles. The SMILES string of the molecule is CN1C(=O)C(=Nc2cc([N+](=O)[O-])ccc2N)c2cc([N+](=O)[O-])ccc21. The van der Waals surface area contributed by atoms with E-state index in [4.69, 9.17) is 5.73 Å². The van der Waals surface area contributed by atoms with Crippen LogP contribution in [-0.2, 0) is 4.79 Å². The first kappa shape index (κ1) is 16.1. The highest BCUT2D eigenvalue weighted by Crippen LogP contribution is 2.34. The third-order valence-corrected chi connectivity index (χ3v) is 3.77. The van der Waals surface area contributed by atoms with Gasteiger partial charge in [-0.15, -0.1) is 0 Å². The molecular weight excluding hydrogens is 330 g/mol. The lowest BCUT2D eigenvalue weighted by atomic mass is 10.1. The van der Waals surface area contributed by atoms with Gasteiger partial charge in [0.05, 0.1) is 26.9 Å². The van der Waals surface area contributed by atoms with Crippen LogP contribution in [-0.4, -0.2) is 28.5 Å². The molecular formula is C15H11N5O5. The van der Waals surface area contributed by atoms with Crippen molar-refractivity contribution in [2.45, 2.75) is 0 Å². The summed E-state index contributed by atoms with van der Waals surface area (Å²) in [6.07, 6.45) is 0. The van der Waals surface area contributed by atoms with Gasteiger partial charge in [0.25, 0.3) is 17.3 Å². The van der Waals surface area contributed by atoms with Crippen molar-refractivity contribution in [1.29, 1.82) is 0 Å². The van der Waals surface area contributed by atoms with E-state index in [9.17, 15) is 25.0 Å². The molecule has 0 aromatic heterocycles. The molecule has 1 aliphatic rings. The molecule has 0 fully saturated rings. The second-order valence-electron chi connectivity index (χ2n) is 5.28. The van der Waals surface area contributed by atoms with Gasteiger partial charge in [-0.25, -0.2) is 4.99 Å². The predicted octanol–water partition coefficient (Wildman–Crippen LogP) is 2.18. The molecule has 2 N–H and O–H groups in total. The molecule has 0 radical (unpaired) electrons. The fourth-order valence-corrected chi connectivity index (χ4v) is 2.47. The maximum absolute atomic E-state index is 12.4. The lowest BCUT2D eigenvalue weighted by Crippen LogP contribution is -2.25. The van der Waals surface area contributed by atoms with Gasteiger partial charge >= 0.3 is 0 Å². The van der Waals surface area contributed by atoms with Crippen LogP contribution in [0.4, 0.5) is 28.4 Å². The molecule has 2 aromatic carbocycles. The van der Waals surface area contributed by atoms with Gasteiger partial charge in [0.2, 0.25) is 0 Å². The maximum atomic E-state index is 12.4. The van der Waals surface area contributed by atoms with E-state index in [0.717, 1.165) is 6.07 Å². The molecule has 0 saturated carbocycles. The minimum atomic E-state index is -0.607. The van der Waals surface area contributed by atoms with E-state index in [0.29, 0.717) is 5.69 Å². The average Bonchev–Trinajstić information content (AvgIpc) is 2.81. The number of anilines is 2. The normalized spacial score (nSPS) is 14.7. The van der Waals surface area contributed by atoms with E-state index in [1.54, 1.807) is 0 Å². The van der Waals surface area contributed by atoms with Crippen molar-refractivity contribution in [2.24, 2.45) is 4.99 Å². The summed E-state index contributed by atoms with van der Waals surface area (Å²) < 4.78 is 0. The summed E-state index contributed by atoms with van der Waals surface area (Å²) in [4.78, 5) is 38.6. The first-order valence-electron chi connectivity index (χ1n) is 6.99. The largest absolute Gasteiger partial charge is 0.397 e. The lowest BCUT2D eigenvalue weighted by molar-refractivity contribution is -0.385. The number of amides is 1. The maximum Gasteiger partial charge on any atom is 0.277 e. The minimum absolute atomic E-state index is 0.0466. The summed E-state index contributed by atoms with van der Waals surface area (Å²) in [5.74, 6) is -0.485. The van der Waals surface area contributed by atoms with Crippen LogP contribution in [0.15, 0.2) is 41.4 Å². The summed E-state index contributed by atoms with van der Waals surface area (Å²) in [6, 6.07) is 7.65. The quantitative estimate of drug-likeness (QED) is 0.514. The number of aliphatic imine (C=N–C) groups is 1. The second-order valence-corrected chi connectivity index (χ2v) is 5.28. The average molecular weight is 341 g/mol. The number of rotatable bonds is 3. The van der Waals surface area contributed by atoms with Crippen molar-refractivity contribution < 1.29 is 14.6 Å². The Hall–Kier alpha value is -3.82. The number of nitro benzene ring substituents is 2. The molecule has 0 spiro atoms. The Morgan fingerprint density at radius 2 is 1.64 bits per heavy atom. The van der Waals surface area contributed by atoms with Crippen LogP contribution >= 0.6 is 0 Å². The van der Waals surface area contributed by atoms with Crippen molar-refractivity contribution in [3.8, 4) is 0 Å². The summed E-state index contributed by atoms with van der Waals surface area (Å²) in [5.41, 5.74) is 6.22. The molecule has 126 valence electrons. The Morgan fingerprint density at radius 3 is 2.28 bits per heavy atom. The van der Waals surface area contributed by atoms with Gasteiger partial charge in [0.15, 0.2) is 0 Å². The van der Waals surface area contributed by atoms with Crippen molar-refractivity contribution in [2.75, 3.05) is 17.7 Å². The fourth-order valence-electron chi connectivity index (χ4n) is 2.47. The number of nitrogens with zero attached hydrogens (tertiary/aromatic N) is 4. The monoisotopic (exact) mass is 341 g/mol. The van der Waals surface area contributed by atoms with Gasteiger partial charge in [0.1, 0.15) is 5.71 Å². The minimum Gasteiger partial charge on any atom is -0.397 e. The Bertz CT molecular complexity index is 969. The van der Waals surface area contributed by atoms with Gasteiger partial charge in [-0.2, -0.15) is 0 Å². The summed E-state index contributed by atoms with van der Waals surface area (Å²) >= 11 is 0. The Kier molecular flexibility index (Phi) is 3.64. The highest BCUT2D eigenvalue weighted by molar-refractivity contribution is 6.54. The number of fused-ring (bicyclic) bond motifs is 1. The number of hydrogen-bond acceptors (Lipinski definition) is 7. The number of hydrogen-bond donors (Lipinski definition) is 1. The highest BCUT2D eigenvalue weighted by Gasteiger charge is 2.33. The number of nitrogens with two attached hydrogens (primary N) is 1. The zero-order valence-electron chi connectivity index (χ0n) is 12.9. The first-order chi connectivity index (χ1) is 11.8. The molecule has 1 heterocycles. The Balaban J connectivity index is 2.19. The van der Waals surface area contributed by atoms with Crippen LogP contribution in [0.3, 0.4) is 0 Å². The molecule has 1 amide bonds. The molecule has 10 nitrogen and oxygen atoms in total. The van der Waals surface area contributed by atoms with Crippen LogP contribution in [0.2, 0.25) is 0 Å². The number of benzene rings is 2. The van der Waals surface area contributed by atoms with E-state index in [-0.39, 0.29) is 34.0 Å². The smallest absolute Gasteiger partial charge is 0.277 e. The Morgan fingerprint density at radius 1 is 1.04 bits per heavy atom. The standard InChI is InChI=1S/C15H11N5O5/c1-18-13-5-3-8(19(22)23)6-10(13)14(15(18)21)17-12-7-9(20(24)25)2-4-11(12)16/h2-7H,16H2,1H3. The van der Waals surface area contributed by atoms with Crippen molar-refractivity contribution >= 4 is 40.1 Å². The van der Waals surface area contributed by atoms with E-state index in [1.807, 2.05) is 0 Å². The zero-order valence-corrected chi connectivity index (χ0v) is 12.9. The molecule has 1 aliphatic heterocycles. The van der Waals surface area contributed by atoms with Crippen molar-refractivity contribution in [1.82, 2.24) is 0 Å². The third kappa shape index (κ3) is 2.65. The summed E-state index contributed by atoms with van der Waals surface area (Å²) in [5, 5.41) is 21.9. The number of carbonyl (C=O) groups excluding carboxylic acids is 1. The number of nitro groups is 2. The predicted molar refractivity (Wildman–Crippen MR) is 90.2 cm³/mol. The Labute approximate surface area is 140 Å². The first-order valence-corrected chi connectivity index (χ1v) is 6.99. The van der Waals surface area contributed by atoms with Crippen molar-refractivity contribution in [3.05, 3.63) is 62.2 Å². The highest BCUT2D eigenvalue weighted by atomic mass is 16.6. The zero-order chi connectivity index (χ0) is 18.3. The van der Waals surface area contributed by atoms with Crippen LogP contribution in [0.5, 0.6) is 0 Å². The van der Waals surface area contributed by atoms with E-state index >= 15 is 0 Å². The lowest BCUT2D eigenvalue weighted by Gasteiger charge is -2.07. The number of likely N-dealkylation sites (N-methyl/N-ethyl adjacent to an activating group) is 1. The second kappa shape index (κ2) is 5.67. The van der Waals surface area contributed by atoms with E-state index in [1.165, 1.54) is 42.3 Å². The fraction of sp³-hybridized carbons (Fsp3) is 0.0667. The molecule has 0 aliphatic carbocycles. The van der Waals surface area contributed by atoms with Gasteiger partial charge in [-0.1, -0.05) is 0 Å². The van der Waals surface area contributed by atoms with Crippen molar-refractivity contribution in [3.63, 3.8) is 0 Å². The van der Waals surface area contributed by atoms with Crippen LogP contribution < -0.4 is 10.6 Å². The number of nitrogen functional groups attached to an aromatic ring is 1. The molecule has 0 bridgehead atoms. The van der Waals surface area contributed by atoms with Gasteiger partial charge in [0, 0.05) is 36.9 Å². The topological polar surface area (TPSA) is 145 Å². The summed E-state index contributed by atoms with van der Waals surface area (Å²) in [6.45, 7) is 0. The van der Waals surface area contributed by atoms with Crippen LogP contribution in [0.25, 0.3) is 0 Å². The number of non-ortho nitro benzene ring substituents is 2. The molecule has 3 rings (SSSR count). The summed E-state index contributed by atoms with van der Waals surface area (Å²) in [7, 11) is 1.51. The van der Waals surface area contributed by atoms with E-state index < -0.39 is 15.8 Å². The molecule has 0 unspecified atom stereocenters. The molecule has 25 heavy (non-hydrogen) atoms. The van der Waals surface area contributed by atoms with Gasteiger partial charge in [-0.05, 0) is 12.1 Å². The van der Waals surface area contributed by atoms with Crippen LogP contribution in [0, 0.1) is 20.2 Å². The molecule has 2 aromatic rings. The number of carbonyl (C=O) groups is 1.